The average Bonchev–Trinajstić information content (AvgIpc) is 3.36. The van der Waals surface area contributed by atoms with Crippen LogP contribution in [0.25, 0.3) is 10.7 Å². The van der Waals surface area contributed by atoms with E-state index in [1.807, 2.05) is 43.5 Å². The number of benzene rings is 1. The number of aromatic nitrogens is 2. The van der Waals surface area contributed by atoms with Crippen molar-refractivity contribution in [2.24, 2.45) is 5.92 Å². The monoisotopic (exact) mass is 396 g/mol. The minimum atomic E-state index is -0.0339. The minimum Gasteiger partial charge on any atom is -0.338 e. The van der Waals surface area contributed by atoms with Gasteiger partial charge in [0.15, 0.2) is 0 Å². The van der Waals surface area contributed by atoms with E-state index in [1.165, 1.54) is 0 Å². The molecule has 1 fully saturated rings. The van der Waals surface area contributed by atoms with Crippen LogP contribution in [0, 0.1) is 19.8 Å². The molecule has 1 saturated heterocycles. The fraction of sp³-hybridized carbons (Fsp3) is 0.381. The number of thiophene rings is 1. The second kappa shape index (κ2) is 8.24. The van der Waals surface area contributed by atoms with Crippen LogP contribution in [0.2, 0.25) is 0 Å². The summed E-state index contributed by atoms with van der Waals surface area (Å²) in [5.74, 6) is 1.28. The summed E-state index contributed by atoms with van der Waals surface area (Å²) in [4.78, 5) is 20.5. The second-order valence-corrected chi connectivity index (χ2v) is 8.32. The number of amides is 1. The molecule has 1 aromatic carbocycles. The lowest BCUT2D eigenvalue weighted by Gasteiger charge is -2.31. The Bertz CT molecular complexity index is 951. The topological polar surface area (TPSA) is 71.3 Å². The van der Waals surface area contributed by atoms with Gasteiger partial charge >= 0.3 is 0 Å². The number of nitrogens with zero attached hydrogens (tertiary/aromatic N) is 3. The van der Waals surface area contributed by atoms with E-state index in [-0.39, 0.29) is 11.8 Å². The van der Waals surface area contributed by atoms with E-state index in [1.54, 1.807) is 11.3 Å². The van der Waals surface area contributed by atoms with Gasteiger partial charge in [-0.05, 0) is 61.9 Å². The SMILES string of the molecule is Cc1ccc(C)c(NC(=O)C2CCCN(Cc3nc(-c4cccs4)no3)C2)c1. The molecule has 2 aromatic heterocycles. The first kappa shape index (κ1) is 18.8. The molecule has 0 saturated carbocycles. The van der Waals surface area contributed by atoms with Crippen molar-refractivity contribution in [3.8, 4) is 10.7 Å². The highest BCUT2D eigenvalue weighted by atomic mass is 32.1. The lowest BCUT2D eigenvalue weighted by Crippen LogP contribution is -2.40. The van der Waals surface area contributed by atoms with Gasteiger partial charge in [0.25, 0.3) is 0 Å². The van der Waals surface area contributed by atoms with Gasteiger partial charge in [0.2, 0.25) is 17.6 Å². The Morgan fingerprint density at radius 2 is 2.25 bits per heavy atom. The molecule has 1 unspecified atom stereocenters. The largest absolute Gasteiger partial charge is 0.338 e. The molecule has 0 aliphatic carbocycles. The summed E-state index contributed by atoms with van der Waals surface area (Å²) >= 11 is 1.59. The number of hydrogen-bond acceptors (Lipinski definition) is 6. The predicted octanol–water partition coefficient (Wildman–Crippen LogP) is 4.27. The van der Waals surface area contributed by atoms with Crippen molar-refractivity contribution in [3.05, 3.63) is 52.7 Å². The van der Waals surface area contributed by atoms with E-state index < -0.39 is 0 Å². The van der Waals surface area contributed by atoms with Crippen molar-refractivity contribution >= 4 is 22.9 Å². The van der Waals surface area contributed by atoms with Gasteiger partial charge in [-0.1, -0.05) is 23.4 Å². The van der Waals surface area contributed by atoms with Crippen molar-refractivity contribution in [2.75, 3.05) is 18.4 Å². The van der Waals surface area contributed by atoms with E-state index in [0.29, 0.717) is 24.8 Å². The van der Waals surface area contributed by atoms with Crippen LogP contribution in [0.4, 0.5) is 5.69 Å². The molecule has 28 heavy (non-hydrogen) atoms. The van der Waals surface area contributed by atoms with Crippen molar-refractivity contribution in [3.63, 3.8) is 0 Å². The third-order valence-electron chi connectivity index (χ3n) is 5.10. The van der Waals surface area contributed by atoms with Gasteiger partial charge in [0.05, 0.1) is 17.3 Å². The normalized spacial score (nSPS) is 17.6. The summed E-state index contributed by atoms with van der Waals surface area (Å²) in [6, 6.07) is 10.1. The first-order chi connectivity index (χ1) is 13.6. The van der Waals surface area contributed by atoms with Crippen LogP contribution in [0.15, 0.2) is 40.2 Å². The van der Waals surface area contributed by atoms with Crippen LogP contribution in [0.1, 0.15) is 29.9 Å². The molecule has 0 bridgehead atoms. The summed E-state index contributed by atoms with van der Waals surface area (Å²) in [5, 5.41) is 9.18. The fourth-order valence-corrected chi connectivity index (χ4v) is 4.18. The molecule has 1 amide bonds. The van der Waals surface area contributed by atoms with Crippen LogP contribution in [-0.2, 0) is 11.3 Å². The molecule has 0 radical (unpaired) electrons. The van der Waals surface area contributed by atoms with Gasteiger partial charge in [-0.2, -0.15) is 4.98 Å². The van der Waals surface area contributed by atoms with E-state index in [4.69, 9.17) is 4.52 Å². The zero-order valence-corrected chi connectivity index (χ0v) is 17.0. The lowest BCUT2D eigenvalue weighted by atomic mass is 9.96. The quantitative estimate of drug-likeness (QED) is 0.697. The fourth-order valence-electron chi connectivity index (χ4n) is 3.53. The van der Waals surface area contributed by atoms with Gasteiger partial charge in [-0.25, -0.2) is 0 Å². The Labute approximate surface area is 168 Å². The number of carbonyl (C=O) groups excluding carboxylic acids is 1. The number of rotatable bonds is 5. The summed E-state index contributed by atoms with van der Waals surface area (Å²) in [5.41, 5.74) is 3.13. The molecule has 3 heterocycles. The van der Waals surface area contributed by atoms with Gasteiger partial charge in [-0.15, -0.1) is 11.3 Å². The molecule has 7 heteroatoms. The smallest absolute Gasteiger partial charge is 0.241 e. The maximum Gasteiger partial charge on any atom is 0.241 e. The Morgan fingerprint density at radius 3 is 3.07 bits per heavy atom. The van der Waals surface area contributed by atoms with Crippen molar-refractivity contribution in [2.45, 2.75) is 33.2 Å². The first-order valence-electron chi connectivity index (χ1n) is 9.55. The third-order valence-corrected chi connectivity index (χ3v) is 5.96. The average molecular weight is 397 g/mol. The first-order valence-corrected chi connectivity index (χ1v) is 10.4. The van der Waals surface area contributed by atoms with Crippen LogP contribution < -0.4 is 5.32 Å². The molecule has 4 rings (SSSR count). The number of nitrogens with one attached hydrogen (secondary N) is 1. The van der Waals surface area contributed by atoms with Crippen LogP contribution in [0.3, 0.4) is 0 Å². The number of aryl methyl sites for hydroxylation is 2. The number of carbonyl (C=O) groups is 1. The molecule has 1 atom stereocenters. The standard InChI is InChI=1S/C21H24N4O2S/c1-14-7-8-15(2)17(11-14)22-21(26)16-5-3-9-25(12-16)13-19-23-20(24-27-19)18-6-4-10-28-18/h4,6-8,10-11,16H,3,5,9,12-13H2,1-2H3,(H,22,26). The highest BCUT2D eigenvalue weighted by Gasteiger charge is 2.27. The second-order valence-electron chi connectivity index (χ2n) is 7.37. The molecule has 1 N–H and O–H groups in total. The Hall–Kier alpha value is -2.51. The molecule has 1 aliphatic rings. The Morgan fingerprint density at radius 1 is 1.36 bits per heavy atom. The lowest BCUT2D eigenvalue weighted by molar-refractivity contribution is -0.121. The van der Waals surface area contributed by atoms with Crippen molar-refractivity contribution < 1.29 is 9.32 Å². The Balaban J connectivity index is 1.37. The number of likely N-dealkylation sites (tertiary alicyclic amines) is 1. The Kier molecular flexibility index (Phi) is 5.54. The summed E-state index contributed by atoms with van der Waals surface area (Å²) in [6.07, 6.45) is 1.88. The van der Waals surface area contributed by atoms with Crippen molar-refractivity contribution in [1.82, 2.24) is 15.0 Å². The number of piperidine rings is 1. The minimum absolute atomic E-state index is 0.0339. The summed E-state index contributed by atoms with van der Waals surface area (Å²) < 4.78 is 5.41. The zero-order chi connectivity index (χ0) is 19.5. The molecule has 3 aromatic rings. The van der Waals surface area contributed by atoms with Gasteiger partial charge in [0.1, 0.15) is 0 Å². The highest BCUT2D eigenvalue weighted by molar-refractivity contribution is 7.13. The molecule has 1 aliphatic heterocycles. The van der Waals surface area contributed by atoms with Crippen LogP contribution in [-0.4, -0.2) is 34.0 Å². The molecular weight excluding hydrogens is 372 g/mol. The van der Waals surface area contributed by atoms with E-state index in [2.05, 4.69) is 26.4 Å². The van der Waals surface area contributed by atoms with E-state index in [0.717, 1.165) is 41.1 Å². The maximum absolute atomic E-state index is 12.8. The van der Waals surface area contributed by atoms with Gasteiger partial charge in [-0.3, -0.25) is 9.69 Å². The van der Waals surface area contributed by atoms with Gasteiger partial charge in [0, 0.05) is 12.2 Å². The molecule has 0 spiro atoms. The van der Waals surface area contributed by atoms with E-state index >= 15 is 0 Å². The maximum atomic E-state index is 12.8. The van der Waals surface area contributed by atoms with Crippen LogP contribution in [0.5, 0.6) is 0 Å². The van der Waals surface area contributed by atoms with Crippen LogP contribution >= 0.6 is 11.3 Å². The number of anilines is 1. The predicted molar refractivity (Wildman–Crippen MR) is 110 cm³/mol. The summed E-state index contributed by atoms with van der Waals surface area (Å²) in [7, 11) is 0. The highest BCUT2D eigenvalue weighted by Crippen LogP contribution is 2.24. The van der Waals surface area contributed by atoms with Gasteiger partial charge < -0.3 is 9.84 Å². The summed E-state index contributed by atoms with van der Waals surface area (Å²) in [6.45, 7) is 6.26. The molecular formula is C21H24N4O2S. The van der Waals surface area contributed by atoms with Crippen molar-refractivity contribution in [1.29, 1.82) is 0 Å². The zero-order valence-electron chi connectivity index (χ0n) is 16.1. The third kappa shape index (κ3) is 4.31. The molecule has 6 nitrogen and oxygen atoms in total. The van der Waals surface area contributed by atoms with E-state index in [9.17, 15) is 4.79 Å². The number of hydrogen-bond donors (Lipinski definition) is 1. The molecule has 146 valence electrons.